The van der Waals surface area contributed by atoms with Gasteiger partial charge in [0.05, 0.1) is 0 Å². The monoisotopic (exact) mass is 248 g/mol. The molecule has 1 aromatic heterocycles. The van der Waals surface area contributed by atoms with Crippen LogP contribution in [0.5, 0.6) is 0 Å². The number of hydrogen-bond acceptors (Lipinski definition) is 3. The lowest BCUT2D eigenvalue weighted by Crippen LogP contribution is -2.40. The highest BCUT2D eigenvalue weighted by Crippen LogP contribution is 2.25. The Morgan fingerprint density at radius 2 is 2.33 bits per heavy atom. The molecule has 98 valence electrons. The summed E-state index contributed by atoms with van der Waals surface area (Å²) in [6, 6.07) is 5.76. The van der Waals surface area contributed by atoms with Crippen molar-refractivity contribution in [2.24, 2.45) is 0 Å². The second-order valence-corrected chi connectivity index (χ2v) is 4.82. The van der Waals surface area contributed by atoms with Gasteiger partial charge < -0.3 is 10.0 Å². The Balaban J connectivity index is 2.22. The van der Waals surface area contributed by atoms with Crippen LogP contribution < -0.4 is 4.90 Å². The highest BCUT2D eigenvalue weighted by molar-refractivity contribution is 5.85. The summed E-state index contributed by atoms with van der Waals surface area (Å²) in [6.07, 6.45) is 5.92. The summed E-state index contributed by atoms with van der Waals surface area (Å²) in [5.41, 5.74) is 0.133. The smallest absolute Gasteiger partial charge is 0.354 e. The Morgan fingerprint density at radius 1 is 1.50 bits per heavy atom. The summed E-state index contributed by atoms with van der Waals surface area (Å²) in [6.45, 7) is 3.18. The number of hydrogen-bond donors (Lipinski definition) is 1. The molecule has 1 fully saturated rings. The topological polar surface area (TPSA) is 53.4 Å². The van der Waals surface area contributed by atoms with Crippen LogP contribution in [0, 0.1) is 0 Å². The molecule has 18 heavy (non-hydrogen) atoms. The van der Waals surface area contributed by atoms with Gasteiger partial charge in [0.2, 0.25) is 0 Å². The number of aromatic carboxylic acids is 1. The molecule has 1 aliphatic heterocycles. The largest absolute Gasteiger partial charge is 0.477 e. The molecule has 2 heterocycles. The van der Waals surface area contributed by atoms with E-state index in [1.54, 1.807) is 12.1 Å². The molecule has 0 amide bonds. The van der Waals surface area contributed by atoms with E-state index in [4.69, 9.17) is 5.11 Å². The molecule has 0 aliphatic carbocycles. The van der Waals surface area contributed by atoms with Crippen LogP contribution >= 0.6 is 0 Å². The first-order valence-electron chi connectivity index (χ1n) is 6.69. The summed E-state index contributed by atoms with van der Waals surface area (Å²) in [5.74, 6) is -0.144. The zero-order valence-corrected chi connectivity index (χ0v) is 10.8. The van der Waals surface area contributed by atoms with E-state index in [1.807, 2.05) is 6.07 Å². The predicted octanol–water partition coefficient (Wildman–Crippen LogP) is 2.94. The van der Waals surface area contributed by atoms with Crippen molar-refractivity contribution in [3.05, 3.63) is 23.9 Å². The molecular formula is C14H20N2O2. The first-order chi connectivity index (χ1) is 8.72. The van der Waals surface area contributed by atoms with Crippen LogP contribution in [0.4, 0.5) is 5.82 Å². The third-order valence-electron chi connectivity index (χ3n) is 3.50. The van der Waals surface area contributed by atoms with E-state index in [0.29, 0.717) is 6.04 Å². The van der Waals surface area contributed by atoms with Gasteiger partial charge in [-0.05, 0) is 37.8 Å². The van der Waals surface area contributed by atoms with Gasteiger partial charge in [0, 0.05) is 12.6 Å². The van der Waals surface area contributed by atoms with Crippen molar-refractivity contribution in [3.8, 4) is 0 Å². The standard InChI is InChI=1S/C14H20N2O2/c1-2-6-11-7-3-4-10-16(11)13-9-5-8-12(15-13)14(17)18/h5,8-9,11H,2-4,6-7,10H2,1H3,(H,17,18). The van der Waals surface area contributed by atoms with E-state index in [2.05, 4.69) is 16.8 Å². The van der Waals surface area contributed by atoms with Gasteiger partial charge in [-0.3, -0.25) is 0 Å². The van der Waals surface area contributed by atoms with Crippen LogP contribution in [0.2, 0.25) is 0 Å². The van der Waals surface area contributed by atoms with Gasteiger partial charge >= 0.3 is 5.97 Å². The second kappa shape index (κ2) is 5.85. The van der Waals surface area contributed by atoms with Crippen LogP contribution in [0.1, 0.15) is 49.5 Å². The first kappa shape index (κ1) is 12.9. The molecule has 4 heteroatoms. The first-order valence-corrected chi connectivity index (χ1v) is 6.69. The van der Waals surface area contributed by atoms with Crippen molar-refractivity contribution in [1.82, 2.24) is 4.98 Å². The summed E-state index contributed by atoms with van der Waals surface area (Å²) < 4.78 is 0. The number of nitrogens with zero attached hydrogens (tertiary/aromatic N) is 2. The second-order valence-electron chi connectivity index (χ2n) is 4.82. The molecule has 1 saturated heterocycles. The molecule has 0 saturated carbocycles. The number of anilines is 1. The number of carbonyl (C=O) groups is 1. The maximum absolute atomic E-state index is 11.0. The average molecular weight is 248 g/mol. The number of carboxylic acid groups (broad SMARTS) is 1. The third-order valence-corrected chi connectivity index (χ3v) is 3.50. The summed E-state index contributed by atoms with van der Waals surface area (Å²) in [7, 11) is 0. The number of piperidine rings is 1. The fraction of sp³-hybridized carbons (Fsp3) is 0.571. The Morgan fingerprint density at radius 3 is 3.06 bits per heavy atom. The molecule has 0 bridgehead atoms. The average Bonchev–Trinajstić information content (AvgIpc) is 2.40. The van der Waals surface area contributed by atoms with Crippen molar-refractivity contribution < 1.29 is 9.90 Å². The van der Waals surface area contributed by atoms with Crippen molar-refractivity contribution in [2.75, 3.05) is 11.4 Å². The van der Waals surface area contributed by atoms with Crippen molar-refractivity contribution >= 4 is 11.8 Å². The van der Waals surface area contributed by atoms with E-state index in [1.165, 1.54) is 19.3 Å². The lowest BCUT2D eigenvalue weighted by Gasteiger charge is -2.36. The van der Waals surface area contributed by atoms with E-state index in [0.717, 1.165) is 25.2 Å². The predicted molar refractivity (Wildman–Crippen MR) is 71.1 cm³/mol. The highest BCUT2D eigenvalue weighted by Gasteiger charge is 2.23. The third kappa shape index (κ3) is 2.81. The Labute approximate surface area is 108 Å². The molecule has 1 N–H and O–H groups in total. The Hall–Kier alpha value is -1.58. The number of pyridine rings is 1. The van der Waals surface area contributed by atoms with Gasteiger partial charge in [0.15, 0.2) is 5.69 Å². The van der Waals surface area contributed by atoms with Gasteiger partial charge in [-0.2, -0.15) is 0 Å². The van der Waals surface area contributed by atoms with Gasteiger partial charge in [-0.1, -0.05) is 19.4 Å². The zero-order valence-electron chi connectivity index (χ0n) is 10.8. The van der Waals surface area contributed by atoms with E-state index >= 15 is 0 Å². The number of carboxylic acids is 1. The maximum Gasteiger partial charge on any atom is 0.354 e. The van der Waals surface area contributed by atoms with Crippen LogP contribution in [0.25, 0.3) is 0 Å². The fourth-order valence-electron chi connectivity index (χ4n) is 2.64. The van der Waals surface area contributed by atoms with Crippen molar-refractivity contribution in [1.29, 1.82) is 0 Å². The van der Waals surface area contributed by atoms with E-state index < -0.39 is 5.97 Å². The van der Waals surface area contributed by atoms with E-state index in [9.17, 15) is 4.79 Å². The Kier molecular flexibility index (Phi) is 4.18. The lowest BCUT2D eigenvalue weighted by atomic mass is 9.98. The lowest BCUT2D eigenvalue weighted by molar-refractivity contribution is 0.0690. The zero-order chi connectivity index (χ0) is 13.0. The molecule has 0 aromatic carbocycles. The molecule has 4 nitrogen and oxygen atoms in total. The van der Waals surface area contributed by atoms with Gasteiger partial charge in [0.1, 0.15) is 5.82 Å². The van der Waals surface area contributed by atoms with Crippen LogP contribution in [-0.4, -0.2) is 28.6 Å². The van der Waals surface area contributed by atoms with Crippen LogP contribution in [-0.2, 0) is 0 Å². The Bertz CT molecular complexity index is 418. The van der Waals surface area contributed by atoms with E-state index in [-0.39, 0.29) is 5.69 Å². The molecule has 1 atom stereocenters. The van der Waals surface area contributed by atoms with Crippen LogP contribution in [0.3, 0.4) is 0 Å². The minimum absolute atomic E-state index is 0.133. The van der Waals surface area contributed by atoms with Crippen molar-refractivity contribution in [2.45, 2.75) is 45.1 Å². The SMILES string of the molecule is CCCC1CCCCN1c1cccc(C(=O)O)n1. The molecule has 0 spiro atoms. The number of rotatable bonds is 4. The van der Waals surface area contributed by atoms with Gasteiger partial charge in [0.25, 0.3) is 0 Å². The molecule has 2 rings (SSSR count). The van der Waals surface area contributed by atoms with Gasteiger partial charge in [-0.15, -0.1) is 0 Å². The minimum Gasteiger partial charge on any atom is -0.477 e. The van der Waals surface area contributed by atoms with Crippen molar-refractivity contribution in [3.63, 3.8) is 0 Å². The quantitative estimate of drug-likeness (QED) is 0.890. The molecular weight excluding hydrogens is 228 g/mol. The molecule has 0 radical (unpaired) electrons. The van der Waals surface area contributed by atoms with Crippen LogP contribution in [0.15, 0.2) is 18.2 Å². The minimum atomic E-state index is -0.957. The van der Waals surface area contributed by atoms with Gasteiger partial charge in [-0.25, -0.2) is 9.78 Å². The fourth-order valence-corrected chi connectivity index (χ4v) is 2.64. The number of aromatic nitrogens is 1. The maximum atomic E-state index is 11.0. The normalized spacial score (nSPS) is 19.8. The summed E-state index contributed by atoms with van der Waals surface area (Å²) in [5, 5.41) is 9.00. The molecule has 1 aliphatic rings. The summed E-state index contributed by atoms with van der Waals surface area (Å²) >= 11 is 0. The summed E-state index contributed by atoms with van der Waals surface area (Å²) in [4.78, 5) is 17.5. The highest BCUT2D eigenvalue weighted by atomic mass is 16.4. The molecule has 1 unspecified atom stereocenters. The molecule has 1 aromatic rings.